The van der Waals surface area contributed by atoms with Crippen molar-refractivity contribution in [2.24, 2.45) is 0 Å². The summed E-state index contributed by atoms with van der Waals surface area (Å²) in [6, 6.07) is 14.3. The summed E-state index contributed by atoms with van der Waals surface area (Å²) in [5.41, 5.74) is 2.04. The Morgan fingerprint density at radius 2 is 1.81 bits per heavy atom. The van der Waals surface area contributed by atoms with Crippen LogP contribution in [0.4, 0.5) is 5.00 Å². The number of rotatable bonds is 4. The van der Waals surface area contributed by atoms with Gasteiger partial charge in [-0.15, -0.1) is 22.7 Å². The minimum absolute atomic E-state index is 0.0526. The van der Waals surface area contributed by atoms with Crippen molar-refractivity contribution in [2.75, 3.05) is 5.32 Å². The third kappa shape index (κ3) is 3.44. The second kappa shape index (κ2) is 7.11. The number of fused-ring (bicyclic) bond motifs is 1. The second-order valence-corrected chi connectivity index (χ2v) is 7.95. The minimum atomic E-state index is -1.11. The number of aromatic nitrogens is 1. The molecular weight excluding hydrogens is 404 g/mol. The fourth-order valence-corrected chi connectivity index (χ4v) is 4.57. The van der Waals surface area contributed by atoms with Gasteiger partial charge in [0.2, 0.25) is 0 Å². The van der Waals surface area contributed by atoms with Crippen LogP contribution in [-0.2, 0) is 0 Å². The SMILES string of the molecule is O=C(Nc1scc(-c2ccc(Cl)cc2)c1C(=O)O)c1nc2ccccc2s1. The van der Waals surface area contributed by atoms with Gasteiger partial charge in [-0.3, -0.25) is 4.79 Å². The van der Waals surface area contributed by atoms with Crippen LogP contribution in [0.3, 0.4) is 0 Å². The molecule has 2 N–H and O–H groups in total. The van der Waals surface area contributed by atoms with E-state index in [2.05, 4.69) is 10.3 Å². The summed E-state index contributed by atoms with van der Waals surface area (Å²) in [5.74, 6) is -1.54. The van der Waals surface area contributed by atoms with E-state index in [1.54, 1.807) is 29.6 Å². The van der Waals surface area contributed by atoms with Gasteiger partial charge in [0.25, 0.3) is 5.91 Å². The first-order valence-electron chi connectivity index (χ1n) is 7.80. The zero-order valence-electron chi connectivity index (χ0n) is 13.6. The predicted octanol–water partition coefficient (Wildman–Crippen LogP) is 5.63. The van der Waals surface area contributed by atoms with Crippen LogP contribution < -0.4 is 5.32 Å². The van der Waals surface area contributed by atoms with Gasteiger partial charge in [0.15, 0.2) is 5.01 Å². The summed E-state index contributed by atoms with van der Waals surface area (Å²) in [6.45, 7) is 0. The molecule has 0 fully saturated rings. The van der Waals surface area contributed by atoms with Gasteiger partial charge >= 0.3 is 5.97 Å². The zero-order valence-corrected chi connectivity index (χ0v) is 16.0. The number of para-hydroxylation sites is 1. The maximum absolute atomic E-state index is 12.6. The molecule has 27 heavy (non-hydrogen) atoms. The average Bonchev–Trinajstić information content (AvgIpc) is 3.26. The van der Waals surface area contributed by atoms with Crippen molar-refractivity contribution in [1.29, 1.82) is 0 Å². The Morgan fingerprint density at radius 3 is 2.52 bits per heavy atom. The van der Waals surface area contributed by atoms with Crippen LogP contribution in [0.5, 0.6) is 0 Å². The molecule has 0 radical (unpaired) electrons. The molecule has 8 heteroatoms. The highest BCUT2D eigenvalue weighted by Gasteiger charge is 2.22. The Kier molecular flexibility index (Phi) is 4.65. The minimum Gasteiger partial charge on any atom is -0.478 e. The van der Waals surface area contributed by atoms with Gasteiger partial charge in [-0.05, 0) is 29.8 Å². The number of anilines is 1. The molecule has 134 valence electrons. The lowest BCUT2D eigenvalue weighted by Crippen LogP contribution is -2.13. The summed E-state index contributed by atoms with van der Waals surface area (Å²) >= 11 is 8.33. The van der Waals surface area contributed by atoms with Crippen molar-refractivity contribution in [2.45, 2.75) is 0 Å². The van der Waals surface area contributed by atoms with Crippen molar-refractivity contribution in [3.63, 3.8) is 0 Å². The molecule has 1 amide bonds. The van der Waals surface area contributed by atoms with Gasteiger partial charge in [0.05, 0.1) is 10.2 Å². The summed E-state index contributed by atoms with van der Waals surface area (Å²) < 4.78 is 0.897. The molecule has 0 bridgehead atoms. The number of carbonyl (C=O) groups is 2. The lowest BCUT2D eigenvalue weighted by atomic mass is 10.0. The van der Waals surface area contributed by atoms with Crippen molar-refractivity contribution in [1.82, 2.24) is 4.98 Å². The molecule has 0 aliphatic rings. The highest BCUT2D eigenvalue weighted by molar-refractivity contribution is 7.20. The first kappa shape index (κ1) is 17.7. The quantitative estimate of drug-likeness (QED) is 0.453. The van der Waals surface area contributed by atoms with E-state index in [1.165, 1.54) is 11.3 Å². The lowest BCUT2D eigenvalue weighted by Gasteiger charge is -2.05. The molecule has 5 nitrogen and oxygen atoms in total. The first-order valence-corrected chi connectivity index (χ1v) is 9.88. The summed E-state index contributed by atoms with van der Waals surface area (Å²) in [7, 11) is 0. The molecule has 2 heterocycles. The molecule has 0 spiro atoms. The lowest BCUT2D eigenvalue weighted by molar-refractivity contribution is 0.0699. The number of halogens is 1. The molecule has 0 saturated carbocycles. The van der Waals surface area contributed by atoms with E-state index in [9.17, 15) is 14.7 Å². The van der Waals surface area contributed by atoms with Crippen molar-refractivity contribution >= 4 is 61.4 Å². The number of carboxylic acid groups (broad SMARTS) is 1. The largest absolute Gasteiger partial charge is 0.478 e. The number of carboxylic acids is 1. The van der Waals surface area contributed by atoms with Crippen LogP contribution in [0.1, 0.15) is 20.2 Å². The highest BCUT2D eigenvalue weighted by atomic mass is 35.5. The molecule has 0 unspecified atom stereocenters. The number of benzene rings is 2. The Bertz CT molecular complexity index is 1130. The van der Waals surface area contributed by atoms with Gasteiger partial charge in [-0.25, -0.2) is 9.78 Å². The molecule has 4 rings (SSSR count). The van der Waals surface area contributed by atoms with Crippen molar-refractivity contribution < 1.29 is 14.7 Å². The molecule has 0 atom stereocenters. The topological polar surface area (TPSA) is 79.3 Å². The molecule has 0 saturated heterocycles. The van der Waals surface area contributed by atoms with Crippen molar-refractivity contribution in [3.8, 4) is 11.1 Å². The van der Waals surface area contributed by atoms with Crippen LogP contribution in [0.2, 0.25) is 5.02 Å². The zero-order chi connectivity index (χ0) is 19.0. The van der Waals surface area contributed by atoms with E-state index in [1.807, 2.05) is 24.3 Å². The van der Waals surface area contributed by atoms with Crippen LogP contribution in [0.25, 0.3) is 21.3 Å². The van der Waals surface area contributed by atoms with E-state index in [0.29, 0.717) is 16.1 Å². The number of hydrogen-bond acceptors (Lipinski definition) is 5. The maximum atomic E-state index is 12.6. The number of thiophene rings is 1. The fraction of sp³-hybridized carbons (Fsp3) is 0. The summed E-state index contributed by atoms with van der Waals surface area (Å²) in [4.78, 5) is 28.7. The summed E-state index contributed by atoms with van der Waals surface area (Å²) in [6.07, 6.45) is 0. The Labute approximate surface area is 166 Å². The van der Waals surface area contributed by atoms with E-state index in [4.69, 9.17) is 11.6 Å². The predicted molar refractivity (Wildman–Crippen MR) is 109 cm³/mol. The standard InChI is InChI=1S/C19H11ClN2O3S2/c20-11-7-5-10(6-8-11)12-9-26-17(15(12)19(24)25)22-16(23)18-21-13-3-1-2-4-14(13)27-18/h1-9H,(H,22,23)(H,24,25). The molecule has 2 aromatic heterocycles. The number of hydrogen-bond donors (Lipinski definition) is 2. The number of amides is 1. The van der Waals surface area contributed by atoms with E-state index in [-0.39, 0.29) is 15.6 Å². The molecule has 0 aliphatic heterocycles. The third-order valence-corrected chi connectivity index (χ3v) is 6.06. The number of thiazole rings is 1. The Balaban J connectivity index is 1.68. The normalized spacial score (nSPS) is 10.9. The van der Waals surface area contributed by atoms with E-state index < -0.39 is 11.9 Å². The van der Waals surface area contributed by atoms with Gasteiger partial charge in [0, 0.05) is 16.0 Å². The molecular formula is C19H11ClN2O3S2. The highest BCUT2D eigenvalue weighted by Crippen LogP contribution is 2.36. The van der Waals surface area contributed by atoms with Gasteiger partial charge < -0.3 is 10.4 Å². The van der Waals surface area contributed by atoms with Gasteiger partial charge in [-0.2, -0.15) is 0 Å². The van der Waals surface area contributed by atoms with Crippen LogP contribution in [0.15, 0.2) is 53.9 Å². The number of aromatic carboxylic acids is 1. The second-order valence-electron chi connectivity index (χ2n) is 5.61. The van der Waals surface area contributed by atoms with Crippen LogP contribution >= 0.6 is 34.3 Å². The summed E-state index contributed by atoms with van der Waals surface area (Å²) in [5, 5.41) is 15.2. The molecule has 2 aromatic carbocycles. The molecule has 0 aliphatic carbocycles. The van der Waals surface area contributed by atoms with E-state index in [0.717, 1.165) is 21.6 Å². The fourth-order valence-electron chi connectivity index (χ4n) is 2.63. The van der Waals surface area contributed by atoms with E-state index >= 15 is 0 Å². The third-order valence-electron chi connectivity index (χ3n) is 3.88. The smallest absolute Gasteiger partial charge is 0.339 e. The van der Waals surface area contributed by atoms with Gasteiger partial charge in [0.1, 0.15) is 10.6 Å². The maximum Gasteiger partial charge on any atom is 0.339 e. The Morgan fingerprint density at radius 1 is 1.07 bits per heavy atom. The van der Waals surface area contributed by atoms with Crippen molar-refractivity contribution in [3.05, 3.63) is 69.5 Å². The number of nitrogens with one attached hydrogen (secondary N) is 1. The monoisotopic (exact) mass is 414 g/mol. The first-order chi connectivity index (χ1) is 13.0. The number of nitrogens with zero attached hydrogens (tertiary/aromatic N) is 1. The number of carbonyl (C=O) groups excluding carboxylic acids is 1. The van der Waals surface area contributed by atoms with Gasteiger partial charge in [-0.1, -0.05) is 35.9 Å². The Hall–Kier alpha value is -2.74. The van der Waals surface area contributed by atoms with Crippen LogP contribution in [0, 0.1) is 0 Å². The van der Waals surface area contributed by atoms with Crippen LogP contribution in [-0.4, -0.2) is 22.0 Å². The molecule has 4 aromatic rings. The average molecular weight is 415 g/mol.